The van der Waals surface area contributed by atoms with Crippen molar-refractivity contribution in [3.8, 4) is 0 Å². The van der Waals surface area contributed by atoms with E-state index in [-0.39, 0.29) is 11.3 Å². The summed E-state index contributed by atoms with van der Waals surface area (Å²) in [6.07, 6.45) is 6.43. The molecule has 0 heterocycles. The zero-order chi connectivity index (χ0) is 15.4. The summed E-state index contributed by atoms with van der Waals surface area (Å²) in [5.74, 6) is 0.852. The summed E-state index contributed by atoms with van der Waals surface area (Å²) in [6.45, 7) is 12.9. The molecule has 0 aromatic carbocycles. The minimum absolute atomic E-state index is 0.156. The lowest BCUT2D eigenvalue weighted by Gasteiger charge is -2.62. The molecule has 2 heteroatoms. The van der Waals surface area contributed by atoms with Crippen LogP contribution in [0.1, 0.15) is 80.1 Å². The number of fused-ring (bicyclic) bond motifs is 1. The van der Waals surface area contributed by atoms with Crippen molar-refractivity contribution in [3.05, 3.63) is 0 Å². The average Bonchev–Trinajstić information content (AvgIpc) is 2.21. The fourth-order valence-corrected chi connectivity index (χ4v) is 5.58. The van der Waals surface area contributed by atoms with E-state index < -0.39 is 11.2 Å². The molecule has 20 heavy (non-hydrogen) atoms. The second-order valence-corrected chi connectivity index (χ2v) is 9.37. The van der Waals surface area contributed by atoms with Crippen LogP contribution in [0.5, 0.6) is 0 Å². The molecule has 2 aliphatic rings. The molecule has 0 unspecified atom stereocenters. The first-order chi connectivity index (χ1) is 8.89. The van der Waals surface area contributed by atoms with E-state index in [0.29, 0.717) is 17.8 Å². The second-order valence-electron chi connectivity index (χ2n) is 9.37. The molecular formula is C18H34O2. The zero-order valence-electron chi connectivity index (χ0n) is 14.3. The Morgan fingerprint density at radius 3 is 2.20 bits per heavy atom. The summed E-state index contributed by atoms with van der Waals surface area (Å²) in [5, 5.41) is 21.3. The van der Waals surface area contributed by atoms with Crippen molar-refractivity contribution in [3.63, 3.8) is 0 Å². The standard InChI is InChI=1S/C18H34O2/c1-15(2)9-7-10-17(5)13(15)8-11-18(6,20)14(17)12-16(3,4)19/h13-14,19-20H,7-12H2,1-6H3/t13-,14-,17-,18+/m0/s1. The maximum absolute atomic E-state index is 11.0. The molecule has 0 bridgehead atoms. The molecule has 0 amide bonds. The number of hydrogen-bond donors (Lipinski definition) is 2. The molecule has 2 N–H and O–H groups in total. The minimum atomic E-state index is -0.707. The topological polar surface area (TPSA) is 40.5 Å². The van der Waals surface area contributed by atoms with Gasteiger partial charge in [-0.05, 0) is 75.5 Å². The highest BCUT2D eigenvalue weighted by atomic mass is 16.3. The highest BCUT2D eigenvalue weighted by Crippen LogP contribution is 2.63. The lowest BCUT2D eigenvalue weighted by molar-refractivity contribution is -0.183. The van der Waals surface area contributed by atoms with Gasteiger partial charge in [0, 0.05) is 0 Å². The molecule has 2 nitrogen and oxygen atoms in total. The van der Waals surface area contributed by atoms with E-state index in [0.717, 1.165) is 12.8 Å². The fraction of sp³-hybridized carbons (Fsp3) is 1.00. The molecule has 0 aliphatic heterocycles. The van der Waals surface area contributed by atoms with E-state index in [1.807, 2.05) is 20.8 Å². The zero-order valence-corrected chi connectivity index (χ0v) is 14.3. The quantitative estimate of drug-likeness (QED) is 0.799. The van der Waals surface area contributed by atoms with E-state index in [4.69, 9.17) is 0 Å². The molecular weight excluding hydrogens is 248 g/mol. The Bertz CT molecular complexity index is 364. The van der Waals surface area contributed by atoms with Gasteiger partial charge in [0.25, 0.3) is 0 Å². The Morgan fingerprint density at radius 2 is 1.65 bits per heavy atom. The van der Waals surface area contributed by atoms with Crippen LogP contribution in [-0.2, 0) is 0 Å². The summed E-state index contributed by atoms with van der Waals surface area (Å²) < 4.78 is 0. The Kier molecular flexibility index (Phi) is 3.84. The average molecular weight is 282 g/mol. The smallest absolute Gasteiger partial charge is 0.0654 e. The fourth-order valence-electron chi connectivity index (χ4n) is 5.58. The maximum Gasteiger partial charge on any atom is 0.0654 e. The van der Waals surface area contributed by atoms with Gasteiger partial charge in [0.1, 0.15) is 0 Å². The van der Waals surface area contributed by atoms with Crippen LogP contribution >= 0.6 is 0 Å². The summed E-state index contributed by atoms with van der Waals surface area (Å²) in [7, 11) is 0. The molecule has 4 atom stereocenters. The first kappa shape index (κ1) is 16.3. The van der Waals surface area contributed by atoms with Gasteiger partial charge >= 0.3 is 0 Å². The van der Waals surface area contributed by atoms with Crippen molar-refractivity contribution < 1.29 is 10.2 Å². The van der Waals surface area contributed by atoms with Gasteiger partial charge in [0.05, 0.1) is 11.2 Å². The van der Waals surface area contributed by atoms with Crippen LogP contribution < -0.4 is 0 Å². The molecule has 0 radical (unpaired) electrons. The Labute approximate surface area is 125 Å². The van der Waals surface area contributed by atoms with Gasteiger partial charge in [-0.3, -0.25) is 0 Å². The predicted octanol–water partition coefficient (Wildman–Crippen LogP) is 4.14. The van der Waals surface area contributed by atoms with Crippen molar-refractivity contribution in [1.82, 2.24) is 0 Å². The molecule has 0 spiro atoms. The molecule has 118 valence electrons. The van der Waals surface area contributed by atoms with E-state index >= 15 is 0 Å². The Hall–Kier alpha value is -0.0800. The molecule has 0 aromatic heterocycles. The largest absolute Gasteiger partial charge is 0.390 e. The number of aliphatic hydroxyl groups is 2. The van der Waals surface area contributed by atoms with Gasteiger partial charge in [0.15, 0.2) is 0 Å². The summed E-state index contributed by atoms with van der Waals surface area (Å²) in [5.41, 5.74) is -0.829. The van der Waals surface area contributed by atoms with Crippen molar-refractivity contribution >= 4 is 0 Å². The highest BCUT2D eigenvalue weighted by Gasteiger charge is 2.58. The van der Waals surface area contributed by atoms with E-state index in [1.54, 1.807) is 0 Å². The van der Waals surface area contributed by atoms with Crippen LogP contribution in [0, 0.1) is 22.7 Å². The Morgan fingerprint density at radius 1 is 1.05 bits per heavy atom. The van der Waals surface area contributed by atoms with E-state index in [9.17, 15) is 10.2 Å². The first-order valence-corrected chi connectivity index (χ1v) is 8.33. The van der Waals surface area contributed by atoms with Gasteiger partial charge in [-0.1, -0.05) is 27.2 Å². The third-order valence-corrected chi connectivity index (χ3v) is 6.47. The number of hydrogen-bond acceptors (Lipinski definition) is 2. The van der Waals surface area contributed by atoms with Gasteiger partial charge in [-0.2, -0.15) is 0 Å². The predicted molar refractivity (Wildman–Crippen MR) is 83.5 cm³/mol. The number of rotatable bonds is 2. The Balaban J connectivity index is 2.38. The minimum Gasteiger partial charge on any atom is -0.390 e. The monoisotopic (exact) mass is 282 g/mol. The highest BCUT2D eigenvalue weighted by molar-refractivity contribution is 5.08. The van der Waals surface area contributed by atoms with Gasteiger partial charge in [-0.25, -0.2) is 0 Å². The molecule has 0 saturated heterocycles. The van der Waals surface area contributed by atoms with Crippen LogP contribution in [0.15, 0.2) is 0 Å². The van der Waals surface area contributed by atoms with Crippen molar-refractivity contribution in [2.45, 2.75) is 91.3 Å². The SMILES string of the molecule is CC(C)(O)C[C@H]1[C@@]2(C)CCCC(C)(C)[C@@H]2CC[C@@]1(C)O. The van der Waals surface area contributed by atoms with Crippen LogP contribution in [0.4, 0.5) is 0 Å². The third-order valence-electron chi connectivity index (χ3n) is 6.47. The summed E-state index contributed by atoms with van der Waals surface area (Å²) in [4.78, 5) is 0. The normalized spacial score (nSPS) is 45.0. The van der Waals surface area contributed by atoms with Gasteiger partial charge < -0.3 is 10.2 Å². The van der Waals surface area contributed by atoms with E-state index in [1.165, 1.54) is 19.3 Å². The summed E-state index contributed by atoms with van der Waals surface area (Å²) in [6, 6.07) is 0. The van der Waals surface area contributed by atoms with Crippen molar-refractivity contribution in [2.75, 3.05) is 0 Å². The van der Waals surface area contributed by atoms with Crippen LogP contribution in [0.25, 0.3) is 0 Å². The molecule has 2 rings (SSSR count). The van der Waals surface area contributed by atoms with Crippen LogP contribution in [0.3, 0.4) is 0 Å². The molecule has 0 aromatic rings. The molecule has 2 aliphatic carbocycles. The summed E-state index contributed by atoms with van der Waals surface area (Å²) >= 11 is 0. The first-order valence-electron chi connectivity index (χ1n) is 8.33. The third kappa shape index (κ3) is 2.78. The lowest BCUT2D eigenvalue weighted by Crippen LogP contribution is -2.58. The lowest BCUT2D eigenvalue weighted by atomic mass is 9.44. The van der Waals surface area contributed by atoms with Crippen LogP contribution in [0.2, 0.25) is 0 Å². The van der Waals surface area contributed by atoms with Crippen molar-refractivity contribution in [1.29, 1.82) is 0 Å². The van der Waals surface area contributed by atoms with Crippen LogP contribution in [-0.4, -0.2) is 21.4 Å². The molecule has 2 fully saturated rings. The van der Waals surface area contributed by atoms with Gasteiger partial charge in [-0.15, -0.1) is 0 Å². The van der Waals surface area contributed by atoms with E-state index in [2.05, 4.69) is 20.8 Å². The maximum atomic E-state index is 11.0. The van der Waals surface area contributed by atoms with Crippen molar-refractivity contribution in [2.24, 2.45) is 22.7 Å². The van der Waals surface area contributed by atoms with Gasteiger partial charge in [0.2, 0.25) is 0 Å². The second kappa shape index (κ2) is 4.71. The molecule has 2 saturated carbocycles.